The lowest BCUT2D eigenvalue weighted by Gasteiger charge is -2.22. The number of rotatable bonds is 9. The van der Waals surface area contributed by atoms with Crippen molar-refractivity contribution in [2.24, 2.45) is 0 Å². The fourth-order valence-corrected chi connectivity index (χ4v) is 5.34. The number of thioether (sulfide) groups is 1. The van der Waals surface area contributed by atoms with E-state index in [2.05, 4.69) is 10.0 Å². The molecule has 7 nitrogen and oxygen atoms in total. The summed E-state index contributed by atoms with van der Waals surface area (Å²) < 4.78 is 39.4. The van der Waals surface area contributed by atoms with Gasteiger partial charge < -0.3 is 14.8 Å². The molecule has 0 aromatic heterocycles. The maximum Gasteiger partial charge on any atom is 0.241 e. The van der Waals surface area contributed by atoms with Gasteiger partial charge in [-0.3, -0.25) is 4.79 Å². The third kappa shape index (κ3) is 5.72. The van der Waals surface area contributed by atoms with E-state index >= 15 is 0 Å². The highest BCUT2D eigenvalue weighted by Crippen LogP contribution is 2.34. The summed E-state index contributed by atoms with van der Waals surface area (Å²) in [5.74, 6) is 1.58. The van der Waals surface area contributed by atoms with Gasteiger partial charge in [0, 0.05) is 0 Å². The van der Waals surface area contributed by atoms with Crippen LogP contribution in [0, 0.1) is 13.8 Å². The number of carbonyl (C=O) groups is 1. The Morgan fingerprint density at radius 2 is 1.87 bits per heavy atom. The Hall–Kier alpha value is -2.23. The van der Waals surface area contributed by atoms with Crippen molar-refractivity contribution in [3.63, 3.8) is 0 Å². The van der Waals surface area contributed by atoms with Crippen LogP contribution in [-0.4, -0.2) is 39.2 Å². The molecule has 0 fully saturated rings. The van der Waals surface area contributed by atoms with Crippen molar-refractivity contribution in [3.05, 3.63) is 53.1 Å². The summed E-state index contributed by atoms with van der Waals surface area (Å²) >= 11 is 1.56. The molecule has 0 spiro atoms. The topological polar surface area (TPSA) is 93.7 Å². The lowest BCUT2D eigenvalue weighted by molar-refractivity contribution is -0.123. The molecule has 0 unspecified atom stereocenters. The van der Waals surface area contributed by atoms with Crippen LogP contribution in [0.5, 0.6) is 11.5 Å². The SMILES string of the molecule is CSCC[C@H](NS(=O)(=O)c1cc(C)ccc1C)C(=O)N[C@@H](C)c1ccc2c(c1)OCO2. The number of hydrogen-bond acceptors (Lipinski definition) is 6. The standard InChI is InChI=1S/C22H28N2O5S2/c1-14-5-6-15(2)21(11-14)31(26,27)24-18(9-10-30-4)22(25)23-16(3)17-7-8-19-20(12-17)29-13-28-19/h5-8,11-12,16,18,24H,9-10,13H2,1-4H3,(H,23,25)/t16-,18-/m0/s1. The molecule has 1 aliphatic heterocycles. The molecule has 168 valence electrons. The van der Waals surface area contributed by atoms with Gasteiger partial charge in [0.25, 0.3) is 0 Å². The van der Waals surface area contributed by atoms with Gasteiger partial charge in [-0.1, -0.05) is 18.2 Å². The number of nitrogens with one attached hydrogen (secondary N) is 2. The van der Waals surface area contributed by atoms with E-state index in [1.165, 1.54) is 0 Å². The Bertz CT molecular complexity index is 1060. The Kier molecular flexibility index (Phi) is 7.51. The zero-order chi connectivity index (χ0) is 22.6. The largest absolute Gasteiger partial charge is 0.454 e. The molecule has 3 rings (SSSR count). The number of aryl methyl sites for hydroxylation is 2. The molecule has 1 amide bonds. The molecule has 0 saturated heterocycles. The van der Waals surface area contributed by atoms with E-state index in [9.17, 15) is 13.2 Å². The maximum atomic E-state index is 13.0. The molecule has 2 N–H and O–H groups in total. The van der Waals surface area contributed by atoms with Crippen molar-refractivity contribution in [2.45, 2.75) is 44.2 Å². The average molecular weight is 465 g/mol. The molecule has 9 heteroatoms. The normalized spacial score (nSPS) is 14.8. The summed E-state index contributed by atoms with van der Waals surface area (Å²) in [5.41, 5.74) is 2.32. The lowest BCUT2D eigenvalue weighted by Crippen LogP contribution is -2.47. The van der Waals surface area contributed by atoms with Crippen LogP contribution in [0.4, 0.5) is 0 Å². The molecule has 31 heavy (non-hydrogen) atoms. The molecule has 1 aliphatic rings. The third-order valence-corrected chi connectivity index (χ3v) is 7.37. The van der Waals surface area contributed by atoms with Crippen LogP contribution in [0.2, 0.25) is 0 Å². The Morgan fingerprint density at radius 3 is 2.61 bits per heavy atom. The quantitative estimate of drug-likeness (QED) is 0.591. The minimum Gasteiger partial charge on any atom is -0.454 e. The van der Waals surface area contributed by atoms with Crippen LogP contribution in [0.15, 0.2) is 41.3 Å². The van der Waals surface area contributed by atoms with Gasteiger partial charge in [0.1, 0.15) is 6.04 Å². The summed E-state index contributed by atoms with van der Waals surface area (Å²) in [7, 11) is -3.85. The molecule has 0 radical (unpaired) electrons. The highest BCUT2D eigenvalue weighted by atomic mass is 32.2. The summed E-state index contributed by atoms with van der Waals surface area (Å²) in [5, 5.41) is 2.92. The van der Waals surface area contributed by atoms with Crippen molar-refractivity contribution in [3.8, 4) is 11.5 Å². The van der Waals surface area contributed by atoms with E-state index in [1.807, 2.05) is 38.3 Å². The van der Waals surface area contributed by atoms with Gasteiger partial charge in [-0.15, -0.1) is 0 Å². The Morgan fingerprint density at radius 1 is 1.13 bits per heavy atom. The number of benzene rings is 2. The van der Waals surface area contributed by atoms with Gasteiger partial charge in [-0.25, -0.2) is 8.42 Å². The first-order valence-electron chi connectivity index (χ1n) is 9.99. The van der Waals surface area contributed by atoms with Crippen LogP contribution in [-0.2, 0) is 14.8 Å². The molecule has 2 aromatic carbocycles. The van der Waals surface area contributed by atoms with Gasteiger partial charge >= 0.3 is 0 Å². The second kappa shape index (κ2) is 9.93. The first kappa shape index (κ1) is 23.4. The smallest absolute Gasteiger partial charge is 0.241 e. The number of fused-ring (bicyclic) bond motifs is 1. The van der Waals surface area contributed by atoms with Gasteiger partial charge in [-0.05, 0) is 74.1 Å². The minimum atomic E-state index is -3.85. The zero-order valence-corrected chi connectivity index (χ0v) is 19.7. The first-order chi connectivity index (χ1) is 14.7. The van der Waals surface area contributed by atoms with Crippen LogP contribution in [0.25, 0.3) is 0 Å². The summed E-state index contributed by atoms with van der Waals surface area (Å²) in [6.45, 7) is 5.60. The van der Waals surface area contributed by atoms with Crippen LogP contribution < -0.4 is 19.5 Å². The number of amides is 1. The van der Waals surface area contributed by atoms with Crippen molar-refractivity contribution in [2.75, 3.05) is 18.8 Å². The molecule has 0 bridgehead atoms. The van der Waals surface area contributed by atoms with E-state index < -0.39 is 16.1 Å². The van der Waals surface area contributed by atoms with Crippen molar-refractivity contribution < 1.29 is 22.7 Å². The van der Waals surface area contributed by atoms with Crippen LogP contribution in [0.1, 0.15) is 36.1 Å². The summed E-state index contributed by atoms with van der Waals surface area (Å²) in [6, 6.07) is 9.52. The fraction of sp³-hybridized carbons (Fsp3) is 0.409. The summed E-state index contributed by atoms with van der Waals surface area (Å²) in [4.78, 5) is 13.2. The molecule has 2 aromatic rings. The molecule has 0 aliphatic carbocycles. The molecule has 2 atom stereocenters. The van der Waals surface area contributed by atoms with E-state index in [-0.39, 0.29) is 23.6 Å². The maximum absolute atomic E-state index is 13.0. The average Bonchev–Trinajstić information content (AvgIpc) is 3.20. The number of hydrogen-bond donors (Lipinski definition) is 2. The minimum absolute atomic E-state index is 0.177. The number of sulfonamides is 1. The lowest BCUT2D eigenvalue weighted by atomic mass is 10.1. The molecule has 0 saturated carbocycles. The van der Waals surface area contributed by atoms with Gasteiger partial charge in [0.2, 0.25) is 22.7 Å². The van der Waals surface area contributed by atoms with Gasteiger partial charge in [0.05, 0.1) is 10.9 Å². The van der Waals surface area contributed by atoms with Crippen LogP contribution >= 0.6 is 11.8 Å². The van der Waals surface area contributed by atoms with E-state index in [1.54, 1.807) is 36.9 Å². The van der Waals surface area contributed by atoms with Gasteiger partial charge in [-0.2, -0.15) is 16.5 Å². The highest BCUT2D eigenvalue weighted by molar-refractivity contribution is 7.98. The first-order valence-corrected chi connectivity index (χ1v) is 12.9. The monoisotopic (exact) mass is 464 g/mol. The highest BCUT2D eigenvalue weighted by Gasteiger charge is 2.28. The Balaban J connectivity index is 1.76. The zero-order valence-electron chi connectivity index (χ0n) is 18.1. The Labute approximate surface area is 188 Å². The molecular weight excluding hydrogens is 436 g/mol. The predicted octanol–water partition coefficient (Wildman–Crippen LogP) is 3.31. The second-order valence-electron chi connectivity index (χ2n) is 7.57. The predicted molar refractivity (Wildman–Crippen MR) is 122 cm³/mol. The van der Waals surface area contributed by atoms with Crippen molar-refractivity contribution >= 4 is 27.7 Å². The number of carbonyl (C=O) groups excluding carboxylic acids is 1. The van der Waals surface area contributed by atoms with Crippen molar-refractivity contribution in [1.29, 1.82) is 0 Å². The number of ether oxygens (including phenoxy) is 2. The van der Waals surface area contributed by atoms with Gasteiger partial charge in [0.15, 0.2) is 11.5 Å². The molecule has 1 heterocycles. The fourth-order valence-electron chi connectivity index (χ4n) is 3.31. The van der Waals surface area contributed by atoms with E-state index in [0.717, 1.165) is 11.1 Å². The van der Waals surface area contributed by atoms with Crippen molar-refractivity contribution in [1.82, 2.24) is 10.0 Å². The van der Waals surface area contributed by atoms with E-state index in [0.29, 0.717) is 29.2 Å². The summed E-state index contributed by atoms with van der Waals surface area (Å²) in [6.07, 6.45) is 2.30. The second-order valence-corrected chi connectivity index (χ2v) is 10.2. The van der Waals surface area contributed by atoms with Crippen LogP contribution in [0.3, 0.4) is 0 Å². The third-order valence-electron chi connectivity index (χ3n) is 5.11. The van der Waals surface area contributed by atoms with E-state index in [4.69, 9.17) is 9.47 Å². The molecular formula is C22H28N2O5S2.